The Kier molecular flexibility index (Phi) is 6.04. The van der Waals surface area contributed by atoms with Crippen LogP contribution >= 0.6 is 0 Å². The van der Waals surface area contributed by atoms with Gasteiger partial charge in [-0.05, 0) is 44.6 Å². The predicted molar refractivity (Wildman–Crippen MR) is 91.3 cm³/mol. The third-order valence-corrected chi connectivity index (χ3v) is 4.27. The van der Waals surface area contributed by atoms with E-state index < -0.39 is 0 Å². The summed E-state index contributed by atoms with van der Waals surface area (Å²) in [5.74, 6) is 1.17. The summed E-state index contributed by atoms with van der Waals surface area (Å²) in [5.41, 5.74) is 0.607. The molecule has 0 aromatic heterocycles. The minimum atomic E-state index is -0.00105. The lowest BCUT2D eigenvalue weighted by Crippen LogP contribution is -2.39. The zero-order chi connectivity index (χ0) is 16.8. The molecule has 0 saturated carbocycles. The van der Waals surface area contributed by atoms with E-state index in [2.05, 4.69) is 18.5 Å². The van der Waals surface area contributed by atoms with Crippen LogP contribution in [0.15, 0.2) is 30.9 Å². The number of ether oxygens (including phenoxy) is 2. The average molecular weight is 318 g/mol. The van der Waals surface area contributed by atoms with Gasteiger partial charge in [-0.15, -0.1) is 0 Å². The summed E-state index contributed by atoms with van der Waals surface area (Å²) in [6.07, 6.45) is 4.02. The van der Waals surface area contributed by atoms with Crippen LogP contribution in [0, 0.1) is 0 Å². The number of methoxy groups -OCH3 is 1. The van der Waals surface area contributed by atoms with Gasteiger partial charge in [-0.25, -0.2) is 0 Å². The molecule has 5 nitrogen and oxygen atoms in total. The van der Waals surface area contributed by atoms with Gasteiger partial charge in [0.1, 0.15) is 6.61 Å². The SMILES string of the molecule is C=CCOc1ccc(C(=O)N(C)C[C@@H]2CCCN2C)cc1OC. The summed E-state index contributed by atoms with van der Waals surface area (Å²) < 4.78 is 10.8. The third kappa shape index (κ3) is 4.26. The second kappa shape index (κ2) is 8.02. The van der Waals surface area contributed by atoms with Gasteiger partial charge in [-0.2, -0.15) is 0 Å². The highest BCUT2D eigenvalue weighted by Gasteiger charge is 2.24. The summed E-state index contributed by atoms with van der Waals surface area (Å²) in [6.45, 7) is 5.87. The molecule has 23 heavy (non-hydrogen) atoms. The molecule has 0 bridgehead atoms. The molecule has 1 fully saturated rings. The zero-order valence-corrected chi connectivity index (χ0v) is 14.2. The standard InChI is InChI=1S/C18H26N2O3/c1-5-11-23-16-9-8-14(12-17(16)22-4)18(21)20(3)13-15-7-6-10-19(15)2/h5,8-9,12,15H,1,6-7,10-11,13H2,2-4H3/t15-/m0/s1. The summed E-state index contributed by atoms with van der Waals surface area (Å²) in [6, 6.07) is 5.72. The summed E-state index contributed by atoms with van der Waals surface area (Å²) >= 11 is 0. The fourth-order valence-electron chi connectivity index (χ4n) is 2.90. The van der Waals surface area contributed by atoms with E-state index in [9.17, 15) is 4.79 Å². The first-order valence-electron chi connectivity index (χ1n) is 7.94. The Morgan fingerprint density at radius 1 is 1.48 bits per heavy atom. The molecule has 126 valence electrons. The Hall–Kier alpha value is -2.01. The summed E-state index contributed by atoms with van der Waals surface area (Å²) in [4.78, 5) is 16.7. The molecule has 0 radical (unpaired) electrons. The fourth-order valence-corrected chi connectivity index (χ4v) is 2.90. The minimum Gasteiger partial charge on any atom is -0.493 e. The van der Waals surface area contributed by atoms with Gasteiger partial charge < -0.3 is 19.3 Å². The summed E-state index contributed by atoms with van der Waals surface area (Å²) in [5, 5.41) is 0. The highest BCUT2D eigenvalue weighted by Crippen LogP contribution is 2.28. The number of hydrogen-bond acceptors (Lipinski definition) is 4. The Morgan fingerprint density at radius 2 is 2.26 bits per heavy atom. The Morgan fingerprint density at radius 3 is 2.87 bits per heavy atom. The van der Waals surface area contributed by atoms with Crippen molar-refractivity contribution in [2.75, 3.05) is 40.9 Å². The van der Waals surface area contributed by atoms with Gasteiger partial charge >= 0.3 is 0 Å². The van der Waals surface area contributed by atoms with E-state index in [0.717, 1.165) is 19.5 Å². The van der Waals surface area contributed by atoms with Gasteiger partial charge in [0.2, 0.25) is 0 Å². The second-order valence-corrected chi connectivity index (χ2v) is 5.93. The molecule has 1 aromatic rings. The van der Waals surface area contributed by atoms with Crippen LogP contribution in [0.1, 0.15) is 23.2 Å². The molecular formula is C18H26N2O3. The molecule has 5 heteroatoms. The monoisotopic (exact) mass is 318 g/mol. The van der Waals surface area contributed by atoms with Crippen molar-refractivity contribution in [3.8, 4) is 11.5 Å². The summed E-state index contributed by atoms with van der Waals surface area (Å²) in [7, 11) is 5.54. The molecule has 0 aliphatic carbocycles. The largest absolute Gasteiger partial charge is 0.493 e. The molecule has 0 N–H and O–H groups in total. The highest BCUT2D eigenvalue weighted by molar-refractivity contribution is 5.94. The van der Waals surface area contributed by atoms with Crippen molar-refractivity contribution in [1.29, 1.82) is 0 Å². The quantitative estimate of drug-likeness (QED) is 0.724. The van der Waals surface area contributed by atoms with Gasteiger partial charge in [0.15, 0.2) is 11.5 Å². The highest BCUT2D eigenvalue weighted by atomic mass is 16.5. The zero-order valence-electron chi connectivity index (χ0n) is 14.2. The van der Waals surface area contributed by atoms with Gasteiger partial charge in [-0.1, -0.05) is 12.7 Å². The van der Waals surface area contributed by atoms with Crippen molar-refractivity contribution in [3.63, 3.8) is 0 Å². The van der Waals surface area contributed by atoms with Crippen LogP contribution in [0.5, 0.6) is 11.5 Å². The maximum Gasteiger partial charge on any atom is 0.253 e. The minimum absolute atomic E-state index is 0.00105. The first-order valence-corrected chi connectivity index (χ1v) is 7.94. The molecule has 0 unspecified atom stereocenters. The smallest absolute Gasteiger partial charge is 0.253 e. The van der Waals surface area contributed by atoms with Crippen LogP contribution in [-0.4, -0.2) is 62.7 Å². The first-order chi connectivity index (χ1) is 11.1. The van der Waals surface area contributed by atoms with Gasteiger partial charge in [0.05, 0.1) is 7.11 Å². The van der Waals surface area contributed by atoms with Crippen LogP contribution in [0.25, 0.3) is 0 Å². The van der Waals surface area contributed by atoms with Crippen LogP contribution in [0.2, 0.25) is 0 Å². The molecule has 0 spiro atoms. The van der Waals surface area contributed by atoms with E-state index in [4.69, 9.17) is 9.47 Å². The normalized spacial score (nSPS) is 17.8. The van der Waals surface area contributed by atoms with Crippen molar-refractivity contribution < 1.29 is 14.3 Å². The molecule has 1 amide bonds. The van der Waals surface area contributed by atoms with Crippen molar-refractivity contribution in [2.45, 2.75) is 18.9 Å². The molecule has 1 heterocycles. The Balaban J connectivity index is 2.07. The lowest BCUT2D eigenvalue weighted by Gasteiger charge is -2.26. The molecule has 1 saturated heterocycles. The van der Waals surface area contributed by atoms with E-state index in [1.54, 1.807) is 36.3 Å². The number of nitrogens with zero attached hydrogens (tertiary/aromatic N) is 2. The number of amides is 1. The average Bonchev–Trinajstić information content (AvgIpc) is 2.96. The van der Waals surface area contributed by atoms with Crippen molar-refractivity contribution in [3.05, 3.63) is 36.4 Å². The molecule has 1 atom stereocenters. The van der Waals surface area contributed by atoms with E-state index in [-0.39, 0.29) is 5.91 Å². The molecule has 1 aromatic carbocycles. The predicted octanol–water partition coefficient (Wildman–Crippen LogP) is 2.43. The van der Waals surface area contributed by atoms with E-state index in [1.165, 1.54) is 6.42 Å². The third-order valence-electron chi connectivity index (χ3n) is 4.27. The van der Waals surface area contributed by atoms with Crippen LogP contribution in [0.3, 0.4) is 0 Å². The molecular weight excluding hydrogens is 292 g/mol. The molecule has 2 rings (SSSR count). The molecule has 1 aliphatic heterocycles. The van der Waals surface area contributed by atoms with Crippen molar-refractivity contribution >= 4 is 5.91 Å². The first kappa shape index (κ1) is 17.3. The number of likely N-dealkylation sites (tertiary alicyclic amines) is 1. The number of benzene rings is 1. The van der Waals surface area contributed by atoms with Gasteiger partial charge in [-0.3, -0.25) is 4.79 Å². The number of carbonyl (C=O) groups is 1. The van der Waals surface area contributed by atoms with E-state index in [0.29, 0.717) is 29.7 Å². The second-order valence-electron chi connectivity index (χ2n) is 5.93. The topological polar surface area (TPSA) is 42.0 Å². The Bertz CT molecular complexity index is 559. The van der Waals surface area contributed by atoms with E-state index >= 15 is 0 Å². The van der Waals surface area contributed by atoms with Crippen LogP contribution in [-0.2, 0) is 0 Å². The fraction of sp³-hybridized carbons (Fsp3) is 0.500. The Labute approximate surface area is 138 Å². The van der Waals surface area contributed by atoms with Gasteiger partial charge in [0, 0.05) is 25.2 Å². The number of hydrogen-bond donors (Lipinski definition) is 0. The number of likely N-dealkylation sites (N-methyl/N-ethyl adjacent to an activating group) is 2. The van der Waals surface area contributed by atoms with Crippen molar-refractivity contribution in [1.82, 2.24) is 9.80 Å². The lowest BCUT2D eigenvalue weighted by molar-refractivity contribution is 0.0761. The number of rotatable bonds is 7. The van der Waals surface area contributed by atoms with E-state index in [1.807, 2.05) is 7.05 Å². The number of carbonyl (C=O) groups excluding carboxylic acids is 1. The molecule has 1 aliphatic rings. The van der Waals surface area contributed by atoms with Crippen molar-refractivity contribution in [2.24, 2.45) is 0 Å². The lowest BCUT2D eigenvalue weighted by atomic mass is 10.1. The maximum atomic E-state index is 12.6. The van der Waals surface area contributed by atoms with Gasteiger partial charge in [0.25, 0.3) is 5.91 Å². The van der Waals surface area contributed by atoms with Crippen LogP contribution in [0.4, 0.5) is 0 Å². The van der Waals surface area contributed by atoms with Crippen LogP contribution < -0.4 is 9.47 Å². The maximum absolute atomic E-state index is 12.6.